The number of alkyl halides is 2. The van der Waals surface area contributed by atoms with Crippen LogP contribution in [0, 0.1) is 19.7 Å². The minimum atomic E-state index is -3.03. The third kappa shape index (κ3) is 5.18. The first-order valence-corrected chi connectivity index (χ1v) is 9.09. The number of hydrogen-bond acceptors (Lipinski definition) is 7. The van der Waals surface area contributed by atoms with Gasteiger partial charge in [0.15, 0.2) is 17.3 Å². The molecule has 3 aromatic rings. The summed E-state index contributed by atoms with van der Waals surface area (Å²) in [6.45, 7) is 0.168. The molecule has 1 aromatic carbocycles. The van der Waals surface area contributed by atoms with Crippen LogP contribution < -0.4 is 20.7 Å². The minimum Gasteiger partial charge on any atom is -0.432 e. The largest absolute Gasteiger partial charge is 0.432 e. The predicted molar refractivity (Wildman–Crippen MR) is 109 cm³/mol. The van der Waals surface area contributed by atoms with Gasteiger partial charge in [0.05, 0.1) is 17.6 Å². The lowest BCUT2D eigenvalue weighted by Crippen LogP contribution is -2.21. The van der Waals surface area contributed by atoms with Gasteiger partial charge in [0.25, 0.3) is 5.91 Å². The Hall–Kier alpha value is -3.89. The molecule has 31 heavy (non-hydrogen) atoms. The summed E-state index contributed by atoms with van der Waals surface area (Å²) in [6, 6.07) is 7.71. The van der Waals surface area contributed by atoms with E-state index in [4.69, 9.17) is 0 Å². The van der Waals surface area contributed by atoms with Gasteiger partial charge in [0, 0.05) is 13.1 Å². The van der Waals surface area contributed by atoms with Crippen LogP contribution >= 0.6 is 0 Å². The molecule has 1 amide bonds. The van der Waals surface area contributed by atoms with E-state index < -0.39 is 18.3 Å². The van der Waals surface area contributed by atoms with Gasteiger partial charge in [0.2, 0.25) is 0 Å². The maximum absolute atomic E-state index is 13.4. The van der Waals surface area contributed by atoms with Crippen LogP contribution in [0.3, 0.4) is 0 Å². The van der Waals surface area contributed by atoms with Gasteiger partial charge in [-0.3, -0.25) is 4.79 Å². The van der Waals surface area contributed by atoms with Crippen LogP contribution in [0.4, 0.5) is 36.2 Å². The molecule has 0 fully saturated rings. The van der Waals surface area contributed by atoms with Crippen molar-refractivity contribution < 1.29 is 22.7 Å². The fraction of sp³-hybridized carbons (Fsp3) is 0.200. The third-order valence-corrected chi connectivity index (χ3v) is 4.23. The van der Waals surface area contributed by atoms with Crippen molar-refractivity contribution in [3.05, 3.63) is 59.2 Å². The van der Waals surface area contributed by atoms with Crippen molar-refractivity contribution in [3.8, 4) is 5.75 Å². The lowest BCUT2D eigenvalue weighted by molar-refractivity contribution is -0.0497. The standard InChI is InChI=1S/C20H19F3N6O2/c1-10-5-4-6-13(18(10)31-20(22)23)26-14-8-16(28-29-17(14)19(30)24-3)27-15-7-11(2)12(21)9-25-15/h4-9,20H,1-3H3,(H,24,30)(H2,25,26,27,28). The molecule has 0 saturated carbocycles. The second kappa shape index (κ2) is 9.28. The number of nitrogens with one attached hydrogen (secondary N) is 3. The van der Waals surface area contributed by atoms with E-state index in [2.05, 4.69) is 35.9 Å². The molecule has 0 spiro atoms. The Morgan fingerprint density at radius 3 is 2.48 bits per heavy atom. The highest BCUT2D eigenvalue weighted by molar-refractivity contribution is 5.98. The molecular weight excluding hydrogens is 413 g/mol. The first-order chi connectivity index (χ1) is 14.8. The molecule has 11 heteroatoms. The summed E-state index contributed by atoms with van der Waals surface area (Å²) in [4.78, 5) is 16.1. The summed E-state index contributed by atoms with van der Waals surface area (Å²) in [6.07, 6.45) is 1.06. The summed E-state index contributed by atoms with van der Waals surface area (Å²) >= 11 is 0. The Bertz CT molecular complexity index is 1110. The van der Waals surface area contributed by atoms with Crippen molar-refractivity contribution >= 4 is 28.9 Å². The van der Waals surface area contributed by atoms with Crippen LogP contribution in [-0.4, -0.2) is 34.7 Å². The van der Waals surface area contributed by atoms with Crippen LogP contribution in [0.1, 0.15) is 21.6 Å². The fourth-order valence-corrected chi connectivity index (χ4v) is 2.71. The maximum atomic E-state index is 13.4. The number of para-hydroxylation sites is 1. The van der Waals surface area contributed by atoms with E-state index in [9.17, 15) is 18.0 Å². The highest BCUT2D eigenvalue weighted by Gasteiger charge is 2.18. The van der Waals surface area contributed by atoms with E-state index in [-0.39, 0.29) is 28.6 Å². The zero-order chi connectivity index (χ0) is 22.5. The van der Waals surface area contributed by atoms with E-state index in [1.807, 2.05) is 0 Å². The van der Waals surface area contributed by atoms with Crippen molar-refractivity contribution in [1.82, 2.24) is 20.5 Å². The first-order valence-electron chi connectivity index (χ1n) is 9.09. The Balaban J connectivity index is 1.99. The number of anilines is 4. The molecular formula is C20H19F3N6O2. The first kappa shape index (κ1) is 21.8. The molecule has 0 bridgehead atoms. The molecule has 0 aliphatic heterocycles. The van der Waals surface area contributed by atoms with Crippen LogP contribution in [-0.2, 0) is 0 Å². The average Bonchev–Trinajstić information content (AvgIpc) is 2.73. The molecule has 2 heterocycles. The Labute approximate surface area is 175 Å². The van der Waals surface area contributed by atoms with Crippen molar-refractivity contribution in [2.45, 2.75) is 20.5 Å². The van der Waals surface area contributed by atoms with Gasteiger partial charge in [-0.05, 0) is 37.1 Å². The number of hydrogen-bond donors (Lipinski definition) is 3. The Morgan fingerprint density at radius 2 is 1.81 bits per heavy atom. The zero-order valence-corrected chi connectivity index (χ0v) is 16.8. The Morgan fingerprint density at radius 1 is 1.03 bits per heavy atom. The summed E-state index contributed by atoms with van der Waals surface area (Å²) < 4.78 is 43.8. The van der Waals surface area contributed by atoms with Gasteiger partial charge in [0.1, 0.15) is 11.6 Å². The molecule has 0 saturated heterocycles. The normalized spacial score (nSPS) is 10.7. The van der Waals surface area contributed by atoms with Crippen LogP contribution in [0.5, 0.6) is 5.75 Å². The summed E-state index contributed by atoms with van der Waals surface area (Å²) in [5.74, 6) is -0.564. The fourth-order valence-electron chi connectivity index (χ4n) is 2.71. The van der Waals surface area contributed by atoms with E-state index in [1.54, 1.807) is 26.0 Å². The minimum absolute atomic E-state index is 0.0671. The van der Waals surface area contributed by atoms with Crippen molar-refractivity contribution in [1.29, 1.82) is 0 Å². The molecule has 0 aliphatic carbocycles. The van der Waals surface area contributed by atoms with Crippen molar-refractivity contribution in [2.75, 3.05) is 17.7 Å². The number of aromatic nitrogens is 3. The molecule has 0 unspecified atom stereocenters. The van der Waals surface area contributed by atoms with Crippen LogP contribution in [0.2, 0.25) is 0 Å². The molecule has 162 valence electrons. The monoisotopic (exact) mass is 432 g/mol. The van der Waals surface area contributed by atoms with E-state index in [0.717, 1.165) is 6.20 Å². The number of benzene rings is 1. The van der Waals surface area contributed by atoms with Gasteiger partial charge >= 0.3 is 6.61 Å². The van der Waals surface area contributed by atoms with E-state index in [0.29, 0.717) is 16.9 Å². The third-order valence-electron chi connectivity index (χ3n) is 4.23. The molecule has 0 atom stereocenters. The quantitative estimate of drug-likeness (QED) is 0.517. The number of ether oxygens (including phenoxy) is 1. The molecule has 0 radical (unpaired) electrons. The van der Waals surface area contributed by atoms with Gasteiger partial charge in [-0.2, -0.15) is 8.78 Å². The number of halogens is 3. The van der Waals surface area contributed by atoms with E-state index in [1.165, 1.54) is 25.2 Å². The summed E-state index contributed by atoms with van der Waals surface area (Å²) in [5.41, 5.74) is 1.17. The number of pyridine rings is 1. The summed E-state index contributed by atoms with van der Waals surface area (Å²) in [5, 5.41) is 16.1. The molecule has 0 aliphatic rings. The molecule has 3 N–H and O–H groups in total. The van der Waals surface area contributed by atoms with Gasteiger partial charge < -0.3 is 20.7 Å². The topological polar surface area (TPSA) is 101 Å². The second-order valence-electron chi connectivity index (χ2n) is 6.47. The molecule has 8 nitrogen and oxygen atoms in total. The van der Waals surface area contributed by atoms with Crippen LogP contribution in [0.15, 0.2) is 36.5 Å². The number of carbonyl (C=O) groups is 1. The second-order valence-corrected chi connectivity index (χ2v) is 6.47. The maximum Gasteiger partial charge on any atom is 0.387 e. The molecule has 2 aromatic heterocycles. The zero-order valence-electron chi connectivity index (χ0n) is 16.8. The number of carbonyl (C=O) groups excluding carboxylic acids is 1. The smallest absolute Gasteiger partial charge is 0.387 e. The van der Waals surface area contributed by atoms with Crippen molar-refractivity contribution in [3.63, 3.8) is 0 Å². The lowest BCUT2D eigenvalue weighted by Gasteiger charge is -2.17. The predicted octanol–water partition coefficient (Wildman–Crippen LogP) is 4.08. The van der Waals surface area contributed by atoms with Crippen molar-refractivity contribution in [2.24, 2.45) is 0 Å². The lowest BCUT2D eigenvalue weighted by atomic mass is 10.2. The molecule has 3 rings (SSSR count). The van der Waals surface area contributed by atoms with Gasteiger partial charge in [-0.15, -0.1) is 10.2 Å². The van der Waals surface area contributed by atoms with E-state index >= 15 is 0 Å². The van der Waals surface area contributed by atoms with Gasteiger partial charge in [-0.25, -0.2) is 9.37 Å². The number of amides is 1. The number of aryl methyl sites for hydroxylation is 2. The number of rotatable bonds is 7. The Kier molecular flexibility index (Phi) is 6.53. The van der Waals surface area contributed by atoms with Crippen LogP contribution in [0.25, 0.3) is 0 Å². The highest BCUT2D eigenvalue weighted by Crippen LogP contribution is 2.33. The summed E-state index contributed by atoms with van der Waals surface area (Å²) in [7, 11) is 1.42. The van der Waals surface area contributed by atoms with Gasteiger partial charge in [-0.1, -0.05) is 12.1 Å². The average molecular weight is 432 g/mol. The number of nitrogens with zero attached hydrogens (tertiary/aromatic N) is 3. The SMILES string of the molecule is CNC(=O)c1nnc(Nc2cc(C)c(F)cn2)cc1Nc1cccc(C)c1OC(F)F. The highest BCUT2D eigenvalue weighted by atomic mass is 19.3.